The number of sulfonamides is 1. The summed E-state index contributed by atoms with van der Waals surface area (Å²) in [5, 5.41) is 2.99. The van der Waals surface area contributed by atoms with Crippen molar-refractivity contribution in [1.82, 2.24) is 10.2 Å². The third-order valence-corrected chi connectivity index (χ3v) is 8.07. The van der Waals surface area contributed by atoms with Gasteiger partial charge in [-0.05, 0) is 75.3 Å². The Balaban J connectivity index is 1.51. The molecule has 1 fully saturated rings. The average molecular weight is 482 g/mol. The van der Waals surface area contributed by atoms with Crippen molar-refractivity contribution in [1.29, 1.82) is 0 Å². The molecule has 3 aromatic rings. The highest BCUT2D eigenvalue weighted by atomic mass is 32.2. The summed E-state index contributed by atoms with van der Waals surface area (Å²) in [6.45, 7) is 4.37. The predicted octanol–water partition coefficient (Wildman–Crippen LogP) is 4.45. The van der Waals surface area contributed by atoms with Gasteiger partial charge < -0.3 is 9.73 Å². The van der Waals surface area contributed by atoms with Crippen LogP contribution in [0.1, 0.15) is 48.3 Å². The Kier molecular flexibility index (Phi) is 7.70. The molecule has 1 N–H and O–H groups in total. The lowest BCUT2D eigenvalue weighted by Gasteiger charge is -2.33. The van der Waals surface area contributed by atoms with E-state index >= 15 is 0 Å². The van der Waals surface area contributed by atoms with Gasteiger partial charge >= 0.3 is 0 Å². The van der Waals surface area contributed by atoms with Crippen molar-refractivity contribution in [3.63, 3.8) is 0 Å². The number of rotatable bonds is 9. The second-order valence-corrected chi connectivity index (χ2v) is 10.2. The van der Waals surface area contributed by atoms with E-state index in [1.54, 1.807) is 49.6 Å². The van der Waals surface area contributed by atoms with E-state index in [1.165, 1.54) is 22.9 Å². The second-order valence-electron chi connectivity index (χ2n) is 8.37. The van der Waals surface area contributed by atoms with Crippen LogP contribution < -0.4 is 9.62 Å². The quantitative estimate of drug-likeness (QED) is 0.488. The molecule has 8 heteroatoms. The summed E-state index contributed by atoms with van der Waals surface area (Å²) in [6.07, 6.45) is 5.11. The fourth-order valence-corrected chi connectivity index (χ4v) is 5.94. The first-order valence-corrected chi connectivity index (χ1v) is 13.2. The van der Waals surface area contributed by atoms with Crippen molar-refractivity contribution in [2.24, 2.45) is 0 Å². The van der Waals surface area contributed by atoms with Gasteiger partial charge in [0, 0.05) is 18.7 Å². The van der Waals surface area contributed by atoms with E-state index in [-0.39, 0.29) is 23.4 Å². The lowest BCUT2D eigenvalue weighted by Crippen LogP contribution is -2.40. The maximum Gasteiger partial charge on any atom is 0.264 e. The van der Waals surface area contributed by atoms with Crippen LogP contribution in [0.25, 0.3) is 0 Å². The van der Waals surface area contributed by atoms with Gasteiger partial charge in [0.1, 0.15) is 5.76 Å². The second kappa shape index (κ2) is 10.9. The fraction of sp³-hybridized carbons (Fsp3) is 0.346. The standard InChI is InChI=1S/C26H31N3O4S/c1-2-29(22-12-5-3-6-13-22)34(31,32)23-14-9-11-21(19-23)26(30)27-20-24(25-15-10-18-33-25)28-16-7-4-8-17-28/h3,5-6,9-15,18-19,24H,2,4,7-8,16-17,20H2,1H3,(H,27,30)/t24-/m1/s1. The molecule has 0 saturated carbocycles. The Labute approximate surface area is 201 Å². The van der Waals surface area contributed by atoms with Crippen molar-refractivity contribution in [3.05, 3.63) is 84.3 Å². The molecular formula is C26H31N3O4S. The van der Waals surface area contributed by atoms with Gasteiger partial charge in [0.05, 0.1) is 22.9 Å². The van der Waals surface area contributed by atoms with Crippen LogP contribution in [0.2, 0.25) is 0 Å². The Morgan fingerprint density at radius 3 is 2.47 bits per heavy atom. The predicted molar refractivity (Wildman–Crippen MR) is 132 cm³/mol. The average Bonchev–Trinajstić information content (AvgIpc) is 3.40. The minimum Gasteiger partial charge on any atom is -0.468 e. The number of carbonyl (C=O) groups excluding carboxylic acids is 1. The van der Waals surface area contributed by atoms with Gasteiger partial charge in [-0.15, -0.1) is 0 Å². The highest BCUT2D eigenvalue weighted by molar-refractivity contribution is 7.92. The number of anilines is 1. The van der Waals surface area contributed by atoms with Gasteiger partial charge in [0.2, 0.25) is 0 Å². The third kappa shape index (κ3) is 5.34. The van der Waals surface area contributed by atoms with Crippen LogP contribution in [0.3, 0.4) is 0 Å². The van der Waals surface area contributed by atoms with E-state index in [2.05, 4.69) is 10.2 Å². The van der Waals surface area contributed by atoms with Gasteiger partial charge in [-0.25, -0.2) is 8.42 Å². The minimum absolute atomic E-state index is 0.0557. The van der Waals surface area contributed by atoms with E-state index in [0.29, 0.717) is 17.8 Å². The first-order chi connectivity index (χ1) is 16.5. The topological polar surface area (TPSA) is 82.9 Å². The van der Waals surface area contributed by atoms with Crippen molar-refractivity contribution in [2.45, 2.75) is 37.1 Å². The van der Waals surface area contributed by atoms with Crippen LogP contribution in [0.4, 0.5) is 5.69 Å². The Morgan fingerprint density at radius 1 is 1.03 bits per heavy atom. The van der Waals surface area contributed by atoms with Crippen LogP contribution in [-0.2, 0) is 10.0 Å². The molecule has 0 radical (unpaired) electrons. The number of amides is 1. The Bertz CT molecular complexity index is 1170. The molecule has 34 heavy (non-hydrogen) atoms. The normalized spacial score (nSPS) is 15.6. The van der Waals surface area contributed by atoms with Crippen LogP contribution in [0.5, 0.6) is 0 Å². The fourth-order valence-electron chi connectivity index (χ4n) is 4.42. The molecule has 1 aromatic heterocycles. The van der Waals surface area contributed by atoms with E-state index < -0.39 is 10.0 Å². The molecule has 2 heterocycles. The molecule has 0 bridgehead atoms. The summed E-state index contributed by atoms with van der Waals surface area (Å²) >= 11 is 0. The van der Waals surface area contributed by atoms with Crippen molar-refractivity contribution < 1.29 is 17.6 Å². The molecule has 1 atom stereocenters. The van der Waals surface area contributed by atoms with E-state index in [1.807, 2.05) is 18.2 Å². The van der Waals surface area contributed by atoms with Crippen molar-refractivity contribution in [2.75, 3.05) is 30.5 Å². The molecule has 180 valence electrons. The van der Waals surface area contributed by atoms with E-state index in [4.69, 9.17) is 4.42 Å². The highest BCUT2D eigenvalue weighted by Crippen LogP contribution is 2.26. The first kappa shape index (κ1) is 24.0. The molecule has 0 spiro atoms. The number of carbonyl (C=O) groups is 1. The maximum atomic E-state index is 13.3. The number of benzene rings is 2. The van der Waals surface area contributed by atoms with Crippen LogP contribution in [0, 0.1) is 0 Å². The number of nitrogens with one attached hydrogen (secondary N) is 1. The molecule has 1 saturated heterocycles. The van der Waals surface area contributed by atoms with E-state index in [0.717, 1.165) is 31.7 Å². The van der Waals surface area contributed by atoms with Crippen LogP contribution >= 0.6 is 0 Å². The van der Waals surface area contributed by atoms with Crippen LogP contribution in [0.15, 0.2) is 82.3 Å². The molecule has 2 aromatic carbocycles. The molecule has 0 aliphatic carbocycles. The van der Waals surface area contributed by atoms with Gasteiger partial charge in [-0.1, -0.05) is 30.7 Å². The third-order valence-electron chi connectivity index (χ3n) is 6.17. The zero-order valence-electron chi connectivity index (χ0n) is 19.4. The molecular weight excluding hydrogens is 450 g/mol. The Hall–Kier alpha value is -3.10. The summed E-state index contributed by atoms with van der Waals surface area (Å²) in [4.78, 5) is 15.4. The molecule has 0 unspecified atom stereocenters. The van der Waals surface area contributed by atoms with Gasteiger partial charge in [0.25, 0.3) is 15.9 Å². The zero-order valence-corrected chi connectivity index (χ0v) is 20.2. The number of hydrogen-bond donors (Lipinski definition) is 1. The Morgan fingerprint density at radius 2 is 1.79 bits per heavy atom. The number of hydrogen-bond acceptors (Lipinski definition) is 5. The van der Waals surface area contributed by atoms with Crippen molar-refractivity contribution in [3.8, 4) is 0 Å². The molecule has 1 aliphatic heterocycles. The summed E-state index contributed by atoms with van der Waals surface area (Å²) < 4.78 is 33.7. The lowest BCUT2D eigenvalue weighted by molar-refractivity contribution is 0.0914. The summed E-state index contributed by atoms with van der Waals surface area (Å²) in [5.74, 6) is 0.508. The zero-order chi connectivity index (χ0) is 24.0. The number of furan rings is 1. The molecule has 1 amide bonds. The summed E-state index contributed by atoms with van der Waals surface area (Å²) in [7, 11) is -3.81. The molecule has 1 aliphatic rings. The number of piperidine rings is 1. The summed E-state index contributed by atoms with van der Waals surface area (Å²) in [6, 6.07) is 18.9. The number of likely N-dealkylation sites (tertiary alicyclic amines) is 1. The maximum absolute atomic E-state index is 13.3. The van der Waals surface area contributed by atoms with Crippen LogP contribution in [-0.4, -0.2) is 45.4 Å². The lowest BCUT2D eigenvalue weighted by atomic mass is 10.1. The SMILES string of the molecule is CCN(c1ccccc1)S(=O)(=O)c1cccc(C(=O)NC[C@H](c2ccco2)N2CCCCC2)c1. The minimum atomic E-state index is -3.81. The largest absolute Gasteiger partial charge is 0.468 e. The van der Waals surface area contributed by atoms with Gasteiger partial charge in [-0.2, -0.15) is 0 Å². The number of nitrogens with zero attached hydrogens (tertiary/aromatic N) is 2. The van der Waals surface area contributed by atoms with Gasteiger partial charge in [-0.3, -0.25) is 14.0 Å². The smallest absolute Gasteiger partial charge is 0.264 e. The molecule has 4 rings (SSSR count). The van der Waals surface area contributed by atoms with Gasteiger partial charge in [0.15, 0.2) is 0 Å². The monoisotopic (exact) mass is 481 g/mol. The molecule has 7 nitrogen and oxygen atoms in total. The first-order valence-electron chi connectivity index (χ1n) is 11.7. The summed E-state index contributed by atoms with van der Waals surface area (Å²) in [5.41, 5.74) is 0.893. The number of para-hydroxylation sites is 1. The highest BCUT2D eigenvalue weighted by Gasteiger charge is 2.27. The van der Waals surface area contributed by atoms with Crippen molar-refractivity contribution >= 4 is 21.6 Å². The van der Waals surface area contributed by atoms with E-state index in [9.17, 15) is 13.2 Å².